The quantitative estimate of drug-likeness (QED) is 0.178. The van der Waals surface area contributed by atoms with Crippen LogP contribution >= 0.6 is 0 Å². The summed E-state index contributed by atoms with van der Waals surface area (Å²) in [6.45, 7) is 6.00. The third kappa shape index (κ3) is 9.13. The van der Waals surface area contributed by atoms with Crippen molar-refractivity contribution in [2.24, 2.45) is 0 Å². The van der Waals surface area contributed by atoms with Gasteiger partial charge in [-0.2, -0.15) is 9.97 Å². The van der Waals surface area contributed by atoms with Gasteiger partial charge in [-0.1, -0.05) is 61.4 Å². The van der Waals surface area contributed by atoms with Gasteiger partial charge in [-0.15, -0.1) is 0 Å². The smallest absolute Gasteiger partial charge is 0.228 e. The molecule has 0 radical (unpaired) electrons. The van der Waals surface area contributed by atoms with Crippen LogP contribution in [0.25, 0.3) is 44.8 Å². The van der Waals surface area contributed by atoms with E-state index in [9.17, 15) is 18.6 Å². The number of aromatic hydroxyl groups is 2. The van der Waals surface area contributed by atoms with Gasteiger partial charge >= 0.3 is 0 Å². The van der Waals surface area contributed by atoms with Gasteiger partial charge in [-0.25, -0.2) is 28.4 Å². The summed E-state index contributed by atoms with van der Waals surface area (Å²) in [6, 6.07) is 22.1. The molecule has 61 heavy (non-hydrogen) atoms. The van der Waals surface area contributed by atoms with Crippen molar-refractivity contribution in [3.05, 3.63) is 96.6 Å². The molecule has 316 valence electrons. The number of morpholine rings is 2. The molecular formula is C44H48N10O6S. The van der Waals surface area contributed by atoms with E-state index >= 15 is 0 Å². The van der Waals surface area contributed by atoms with Gasteiger partial charge < -0.3 is 38.6 Å². The van der Waals surface area contributed by atoms with Crippen molar-refractivity contribution in [2.75, 3.05) is 68.7 Å². The Hall–Kier alpha value is -6.17. The van der Waals surface area contributed by atoms with Gasteiger partial charge in [-0.05, 0) is 48.2 Å². The van der Waals surface area contributed by atoms with Crippen LogP contribution in [-0.4, -0.2) is 117 Å². The highest BCUT2D eigenvalue weighted by atomic mass is 32.2. The molecule has 3 aromatic carbocycles. The van der Waals surface area contributed by atoms with Crippen LogP contribution in [0.4, 0.5) is 11.9 Å². The minimum absolute atomic E-state index is 0.00346. The fourth-order valence-electron chi connectivity index (χ4n) is 8.24. The van der Waals surface area contributed by atoms with Crippen molar-refractivity contribution in [1.29, 1.82) is 0 Å². The minimum Gasteiger partial charge on any atom is -0.508 e. The molecule has 10 rings (SSSR count). The first-order chi connectivity index (χ1) is 29.6. The van der Waals surface area contributed by atoms with Crippen LogP contribution in [0.5, 0.6) is 11.5 Å². The van der Waals surface area contributed by atoms with Crippen LogP contribution < -0.4 is 9.80 Å². The van der Waals surface area contributed by atoms with Crippen molar-refractivity contribution in [3.8, 4) is 34.0 Å². The lowest BCUT2D eigenvalue weighted by molar-refractivity contribution is 0.122. The van der Waals surface area contributed by atoms with E-state index in [1.165, 1.54) is 31.9 Å². The Kier molecular flexibility index (Phi) is 11.5. The molecular weight excluding hydrogens is 797 g/mol. The summed E-state index contributed by atoms with van der Waals surface area (Å²) in [5.41, 5.74) is 7.70. The highest BCUT2D eigenvalue weighted by Gasteiger charge is 2.25. The average Bonchev–Trinajstić information content (AvgIpc) is 4.05. The van der Waals surface area contributed by atoms with E-state index in [4.69, 9.17) is 29.4 Å². The van der Waals surface area contributed by atoms with Gasteiger partial charge in [0.2, 0.25) is 11.9 Å². The van der Waals surface area contributed by atoms with Crippen LogP contribution in [0.1, 0.15) is 42.9 Å². The topological polar surface area (TPSA) is 187 Å². The normalized spacial score (nSPS) is 16.3. The Morgan fingerprint density at radius 3 is 1.75 bits per heavy atom. The third-order valence-corrected chi connectivity index (χ3v) is 12.0. The molecule has 1 aliphatic carbocycles. The number of phenols is 2. The van der Waals surface area contributed by atoms with E-state index in [-0.39, 0.29) is 17.3 Å². The molecule has 0 unspecified atom stereocenters. The molecule has 3 fully saturated rings. The zero-order valence-electron chi connectivity index (χ0n) is 34.0. The molecule has 1 saturated carbocycles. The van der Waals surface area contributed by atoms with Crippen molar-refractivity contribution >= 4 is 44.1 Å². The molecule has 0 bridgehead atoms. The van der Waals surface area contributed by atoms with E-state index in [1.54, 1.807) is 36.7 Å². The number of aromatic nitrogens is 8. The number of imidazole rings is 2. The zero-order chi connectivity index (χ0) is 41.9. The van der Waals surface area contributed by atoms with Crippen molar-refractivity contribution in [1.82, 2.24) is 39.0 Å². The number of anilines is 2. The molecule has 17 heteroatoms. The van der Waals surface area contributed by atoms with Crippen molar-refractivity contribution in [2.45, 2.75) is 44.0 Å². The van der Waals surface area contributed by atoms with E-state index in [0.29, 0.717) is 80.9 Å². The molecule has 0 amide bonds. The fourth-order valence-corrected chi connectivity index (χ4v) is 9.02. The predicted molar refractivity (Wildman–Crippen MR) is 233 cm³/mol. The highest BCUT2D eigenvalue weighted by molar-refractivity contribution is 7.89. The molecule has 6 heterocycles. The van der Waals surface area contributed by atoms with Crippen molar-refractivity contribution < 1.29 is 28.1 Å². The Balaban J connectivity index is 0.000000160. The second-order valence-corrected chi connectivity index (χ2v) is 17.9. The second-order valence-electron chi connectivity index (χ2n) is 15.7. The van der Waals surface area contributed by atoms with Gasteiger partial charge in [-0.3, -0.25) is 0 Å². The molecule has 2 N–H and O–H groups in total. The van der Waals surface area contributed by atoms with Crippen LogP contribution in [-0.2, 0) is 31.6 Å². The fraction of sp³-hybridized carbons (Fsp3) is 0.364. The number of benzene rings is 3. The van der Waals surface area contributed by atoms with Crippen LogP contribution in [0.2, 0.25) is 0 Å². The maximum atomic E-state index is 11.7. The van der Waals surface area contributed by atoms with Crippen LogP contribution in [0.15, 0.2) is 85.5 Å². The Morgan fingerprint density at radius 1 is 0.656 bits per heavy atom. The number of hydrogen-bond donors (Lipinski definition) is 2. The Labute approximate surface area is 353 Å². The summed E-state index contributed by atoms with van der Waals surface area (Å²) in [6.07, 6.45) is 9.71. The van der Waals surface area contributed by atoms with Gasteiger partial charge in [0.1, 0.15) is 33.9 Å². The standard InChI is InChI=1S/C24H25N5O4S.C20H23N5O2/c1-34(31,32)15-18-5-2-4-17(12-18)14-29-16-25-22-21(19-6-3-7-20(30)13-19)26-24(27-23(22)29)28-8-10-33-11-9-28;26-16-7-3-4-14(12-16)17-18-19(25(13-21-18)15-5-1-2-6-15)23-20(22-17)24-8-10-27-11-9-24/h2-7,12-13,16,30H,8-11,14-15H2,1H3;3-4,7,12-13,15,26H,1-2,5-6,8-11H2. The number of nitrogens with zero attached hydrogens (tertiary/aromatic N) is 10. The number of fused-ring (bicyclic) bond motifs is 2. The van der Waals surface area contributed by atoms with E-state index in [1.807, 2.05) is 53.4 Å². The third-order valence-electron chi connectivity index (χ3n) is 11.2. The lowest BCUT2D eigenvalue weighted by Crippen LogP contribution is -2.37. The highest BCUT2D eigenvalue weighted by Crippen LogP contribution is 2.35. The first-order valence-electron chi connectivity index (χ1n) is 20.6. The molecule has 3 aliphatic rings. The average molecular weight is 845 g/mol. The van der Waals surface area contributed by atoms with E-state index in [0.717, 1.165) is 52.2 Å². The van der Waals surface area contributed by atoms with Gasteiger partial charge in [0.25, 0.3) is 0 Å². The van der Waals surface area contributed by atoms with Gasteiger partial charge in [0.05, 0.1) is 51.4 Å². The number of sulfone groups is 1. The monoisotopic (exact) mass is 844 g/mol. The molecule has 0 atom stereocenters. The SMILES string of the molecule is CS(=O)(=O)Cc1cccc(Cn2cnc3c(-c4cccc(O)c4)nc(N4CCOCC4)nc32)c1.Oc1cccc(-c2nc(N3CCOCC3)nc3c2ncn3C2CCCC2)c1. The van der Waals surface area contributed by atoms with Gasteiger partial charge in [0.15, 0.2) is 21.1 Å². The molecule has 0 spiro atoms. The van der Waals surface area contributed by atoms with Crippen molar-refractivity contribution in [3.63, 3.8) is 0 Å². The largest absolute Gasteiger partial charge is 0.508 e. The summed E-state index contributed by atoms with van der Waals surface area (Å²) in [5, 5.41) is 20.0. The maximum absolute atomic E-state index is 11.7. The summed E-state index contributed by atoms with van der Waals surface area (Å²) >= 11 is 0. The molecule has 7 aromatic rings. The first-order valence-corrected chi connectivity index (χ1v) is 22.7. The van der Waals surface area contributed by atoms with E-state index in [2.05, 4.69) is 24.3 Å². The lowest BCUT2D eigenvalue weighted by atomic mass is 10.1. The van der Waals surface area contributed by atoms with E-state index < -0.39 is 9.84 Å². The molecule has 4 aromatic heterocycles. The number of hydrogen-bond acceptors (Lipinski definition) is 14. The predicted octanol–water partition coefficient (Wildman–Crippen LogP) is 5.78. The second kappa shape index (κ2) is 17.4. The summed E-state index contributed by atoms with van der Waals surface area (Å²) in [4.78, 5) is 32.9. The molecule has 2 aliphatic heterocycles. The Morgan fingerprint density at radius 2 is 1.18 bits per heavy atom. The molecule has 2 saturated heterocycles. The first kappa shape index (κ1) is 40.2. The lowest BCUT2D eigenvalue weighted by Gasteiger charge is -2.27. The number of phenolic OH excluding ortho intramolecular Hbond substituents is 2. The summed E-state index contributed by atoms with van der Waals surface area (Å²) in [7, 11) is -3.12. The van der Waals surface area contributed by atoms with Crippen LogP contribution in [0, 0.1) is 0 Å². The zero-order valence-corrected chi connectivity index (χ0v) is 34.8. The summed E-state index contributed by atoms with van der Waals surface area (Å²) < 4.78 is 38.6. The number of rotatable bonds is 9. The maximum Gasteiger partial charge on any atom is 0.228 e. The number of ether oxygens (including phenoxy) is 2. The minimum atomic E-state index is -3.12. The summed E-state index contributed by atoms with van der Waals surface area (Å²) in [5.74, 6) is 1.67. The van der Waals surface area contributed by atoms with Gasteiger partial charge in [0, 0.05) is 49.6 Å². The van der Waals surface area contributed by atoms with Crippen LogP contribution in [0.3, 0.4) is 0 Å². The Bertz CT molecular complexity index is 2780. The molecule has 16 nitrogen and oxygen atoms in total.